The molecule has 1 aliphatic rings. The highest BCUT2D eigenvalue weighted by Gasteiger charge is 2.48. The van der Waals surface area contributed by atoms with Crippen molar-refractivity contribution < 1.29 is 38.4 Å². The Labute approximate surface area is 173 Å². The summed E-state index contributed by atoms with van der Waals surface area (Å²) < 4.78 is 21.7. The molecule has 0 saturated carbocycles. The van der Waals surface area contributed by atoms with Gasteiger partial charge in [0.2, 0.25) is 0 Å². The molecule has 8 nitrogen and oxygen atoms in total. The quantitative estimate of drug-likeness (QED) is 0.537. The average Bonchev–Trinajstić information content (AvgIpc) is 2.83. The van der Waals surface area contributed by atoms with Gasteiger partial charge in [-0.2, -0.15) is 0 Å². The first-order valence-electron chi connectivity index (χ1n) is 9.83. The van der Waals surface area contributed by atoms with Gasteiger partial charge in [0.1, 0.15) is 31.5 Å². The largest absolute Gasteiger partial charge is 0.462 e. The predicted molar refractivity (Wildman–Crippen MR) is 105 cm³/mol. The van der Waals surface area contributed by atoms with Crippen molar-refractivity contribution >= 4 is 17.9 Å². The maximum absolute atomic E-state index is 12.3. The van der Waals surface area contributed by atoms with E-state index in [1.165, 1.54) is 0 Å². The van der Waals surface area contributed by atoms with Crippen molar-refractivity contribution in [2.75, 3.05) is 13.2 Å². The molecule has 0 radical (unpaired) electrons. The van der Waals surface area contributed by atoms with Crippen molar-refractivity contribution in [1.29, 1.82) is 0 Å². The Morgan fingerprint density at radius 2 is 1.10 bits per heavy atom. The van der Waals surface area contributed by atoms with Gasteiger partial charge in [-0.3, -0.25) is 14.4 Å². The number of hydrogen-bond donors (Lipinski definition) is 1. The molecule has 0 aromatic carbocycles. The number of rotatable bonds is 5. The molecule has 1 fully saturated rings. The van der Waals surface area contributed by atoms with E-state index in [0.29, 0.717) is 0 Å². The predicted octanol–water partition coefficient (Wildman–Crippen LogP) is 2.25. The van der Waals surface area contributed by atoms with Crippen molar-refractivity contribution in [3.8, 4) is 0 Å². The molecule has 0 unspecified atom stereocenters. The average molecular weight is 417 g/mol. The van der Waals surface area contributed by atoms with Crippen LogP contribution in [-0.2, 0) is 33.3 Å². The molecule has 1 heterocycles. The lowest BCUT2D eigenvalue weighted by Crippen LogP contribution is -2.42. The minimum absolute atomic E-state index is 0.195. The lowest BCUT2D eigenvalue weighted by molar-refractivity contribution is -0.169. The summed E-state index contributed by atoms with van der Waals surface area (Å²) in [4.78, 5) is 36.4. The number of ether oxygens (including phenoxy) is 4. The van der Waals surface area contributed by atoms with Crippen LogP contribution >= 0.6 is 0 Å². The number of carbonyl (C=O) groups excluding carboxylic acids is 3. The fourth-order valence-corrected chi connectivity index (χ4v) is 2.28. The molecule has 4 atom stereocenters. The lowest BCUT2D eigenvalue weighted by atomic mass is 9.96. The molecular formula is C21H36O8. The maximum atomic E-state index is 12.3. The molecule has 1 aliphatic heterocycles. The third kappa shape index (κ3) is 7.26. The van der Waals surface area contributed by atoms with E-state index in [-0.39, 0.29) is 13.2 Å². The summed E-state index contributed by atoms with van der Waals surface area (Å²) in [7, 11) is 0. The van der Waals surface area contributed by atoms with Crippen molar-refractivity contribution in [1.82, 2.24) is 0 Å². The topological polar surface area (TPSA) is 108 Å². The van der Waals surface area contributed by atoms with Crippen LogP contribution in [0.5, 0.6) is 0 Å². The second-order valence-electron chi connectivity index (χ2n) is 10.5. The summed E-state index contributed by atoms with van der Waals surface area (Å²) >= 11 is 0. The summed E-state index contributed by atoms with van der Waals surface area (Å²) in [5.74, 6) is -1.41. The Morgan fingerprint density at radius 1 is 0.724 bits per heavy atom. The molecule has 0 bridgehead atoms. The van der Waals surface area contributed by atoms with E-state index in [2.05, 4.69) is 0 Å². The minimum Gasteiger partial charge on any atom is -0.462 e. The van der Waals surface area contributed by atoms with E-state index in [4.69, 9.17) is 18.9 Å². The molecule has 8 heteroatoms. The van der Waals surface area contributed by atoms with Crippen molar-refractivity contribution in [2.24, 2.45) is 16.2 Å². The Hall–Kier alpha value is -1.67. The molecular weight excluding hydrogens is 380 g/mol. The van der Waals surface area contributed by atoms with Gasteiger partial charge in [0, 0.05) is 0 Å². The van der Waals surface area contributed by atoms with Crippen LogP contribution in [0, 0.1) is 16.2 Å². The first-order chi connectivity index (χ1) is 12.9. The van der Waals surface area contributed by atoms with E-state index >= 15 is 0 Å². The molecule has 0 amide bonds. The van der Waals surface area contributed by atoms with E-state index in [1.54, 1.807) is 62.3 Å². The third-order valence-corrected chi connectivity index (χ3v) is 4.27. The van der Waals surface area contributed by atoms with Gasteiger partial charge in [0.15, 0.2) is 6.10 Å². The monoisotopic (exact) mass is 416 g/mol. The van der Waals surface area contributed by atoms with Crippen molar-refractivity contribution in [3.63, 3.8) is 0 Å². The first-order valence-corrected chi connectivity index (χ1v) is 9.83. The number of aliphatic hydroxyl groups is 1. The molecule has 168 valence electrons. The number of esters is 3. The number of aliphatic hydroxyl groups excluding tert-OH is 1. The van der Waals surface area contributed by atoms with Gasteiger partial charge >= 0.3 is 17.9 Å². The van der Waals surface area contributed by atoms with Gasteiger partial charge in [-0.05, 0) is 62.3 Å². The van der Waals surface area contributed by atoms with Crippen LogP contribution in [0.3, 0.4) is 0 Å². The van der Waals surface area contributed by atoms with Crippen LogP contribution in [0.1, 0.15) is 62.3 Å². The van der Waals surface area contributed by atoms with Crippen LogP contribution in [0.4, 0.5) is 0 Å². The Bertz CT molecular complexity index is 606. The van der Waals surface area contributed by atoms with E-state index in [0.717, 1.165) is 0 Å². The van der Waals surface area contributed by atoms with Crippen LogP contribution < -0.4 is 0 Å². The third-order valence-electron chi connectivity index (χ3n) is 4.27. The maximum Gasteiger partial charge on any atom is 0.311 e. The summed E-state index contributed by atoms with van der Waals surface area (Å²) in [6, 6.07) is 0. The first kappa shape index (κ1) is 25.4. The van der Waals surface area contributed by atoms with E-state index in [1.807, 2.05) is 0 Å². The smallest absolute Gasteiger partial charge is 0.311 e. The summed E-state index contributed by atoms with van der Waals surface area (Å²) in [6.07, 6.45) is -4.06. The number of hydrogen-bond acceptors (Lipinski definition) is 8. The molecule has 1 rings (SSSR count). The van der Waals surface area contributed by atoms with E-state index in [9.17, 15) is 19.5 Å². The lowest BCUT2D eigenvalue weighted by Gasteiger charge is -2.26. The zero-order valence-corrected chi connectivity index (χ0v) is 19.0. The second kappa shape index (κ2) is 9.00. The van der Waals surface area contributed by atoms with Gasteiger partial charge < -0.3 is 24.1 Å². The van der Waals surface area contributed by atoms with Gasteiger partial charge in [-0.25, -0.2) is 0 Å². The zero-order chi connectivity index (χ0) is 22.8. The van der Waals surface area contributed by atoms with Crippen LogP contribution in [0.15, 0.2) is 0 Å². The van der Waals surface area contributed by atoms with Crippen LogP contribution in [0.25, 0.3) is 0 Å². The Kier molecular flexibility index (Phi) is 7.87. The van der Waals surface area contributed by atoms with Gasteiger partial charge in [0.25, 0.3) is 0 Å². The molecule has 29 heavy (non-hydrogen) atoms. The summed E-state index contributed by atoms with van der Waals surface area (Å²) in [6.45, 7) is 14.9. The van der Waals surface area contributed by atoms with Crippen molar-refractivity contribution in [2.45, 2.75) is 86.7 Å². The molecule has 0 aromatic rings. The zero-order valence-electron chi connectivity index (χ0n) is 19.0. The second-order valence-corrected chi connectivity index (χ2v) is 10.5. The normalized spacial score (nSPS) is 25.4. The fourth-order valence-electron chi connectivity index (χ4n) is 2.28. The standard InChI is InChI=1S/C21H36O8/c1-19(2,3)16(23)26-10-12-14(22)15(29-18(25)21(7,8)9)13(28-12)11-27-17(24)20(4,5)6/h12-15,22H,10-11H2,1-9H3/t12-,13-,14-,15-/m1/s1. The Balaban J connectivity index is 2.89. The van der Waals surface area contributed by atoms with Gasteiger partial charge in [-0.15, -0.1) is 0 Å². The van der Waals surface area contributed by atoms with Gasteiger partial charge in [-0.1, -0.05) is 0 Å². The number of carbonyl (C=O) groups is 3. The highest BCUT2D eigenvalue weighted by molar-refractivity contribution is 5.76. The fraction of sp³-hybridized carbons (Fsp3) is 0.857. The molecule has 0 spiro atoms. The van der Waals surface area contributed by atoms with Crippen LogP contribution in [-0.4, -0.2) is 60.6 Å². The molecule has 1 N–H and O–H groups in total. The Morgan fingerprint density at radius 3 is 1.48 bits per heavy atom. The van der Waals surface area contributed by atoms with Crippen molar-refractivity contribution in [3.05, 3.63) is 0 Å². The van der Waals surface area contributed by atoms with Crippen LogP contribution in [0.2, 0.25) is 0 Å². The SMILES string of the molecule is CC(C)(C)C(=O)OC[C@H]1O[C@H](COC(=O)C(C)(C)C)[C@@H](OC(=O)C(C)(C)C)[C@@H]1O. The molecule has 0 aromatic heterocycles. The highest BCUT2D eigenvalue weighted by atomic mass is 16.6. The molecule has 1 saturated heterocycles. The van der Waals surface area contributed by atoms with E-state index < -0.39 is 58.6 Å². The summed E-state index contributed by atoms with van der Waals surface area (Å²) in [5, 5.41) is 10.6. The highest BCUT2D eigenvalue weighted by Crippen LogP contribution is 2.29. The summed E-state index contributed by atoms with van der Waals surface area (Å²) in [5.41, 5.74) is -2.21. The van der Waals surface area contributed by atoms with Gasteiger partial charge in [0.05, 0.1) is 16.2 Å². The molecule has 0 aliphatic carbocycles. The minimum atomic E-state index is -1.23.